The van der Waals surface area contributed by atoms with Crippen LogP contribution in [0.1, 0.15) is 25.0 Å². The smallest absolute Gasteiger partial charge is 0.113 e. The van der Waals surface area contributed by atoms with Crippen LogP contribution in [-0.4, -0.2) is 8.07 Å². The molecule has 10 aromatic rings. The topological polar surface area (TPSA) is 6.48 Å². The van der Waals surface area contributed by atoms with Crippen LogP contribution in [0.5, 0.6) is 0 Å². The molecule has 0 radical (unpaired) electrons. The van der Waals surface area contributed by atoms with Crippen LogP contribution in [-0.2, 0) is 5.41 Å². The predicted molar refractivity (Wildman–Crippen MR) is 284 cm³/mol. The molecule has 0 N–H and O–H groups in total. The van der Waals surface area contributed by atoms with Gasteiger partial charge in [-0.15, -0.1) is 0 Å². The quantitative estimate of drug-likeness (QED) is 0.140. The van der Waals surface area contributed by atoms with Crippen LogP contribution in [0, 0.1) is 0 Å². The molecule has 1 aliphatic heterocycles. The van der Waals surface area contributed by atoms with Crippen LogP contribution in [0.4, 0.5) is 34.1 Å². The van der Waals surface area contributed by atoms with Crippen LogP contribution in [0.2, 0.25) is 13.1 Å². The molecule has 0 fully saturated rings. The summed E-state index contributed by atoms with van der Waals surface area (Å²) >= 11 is 0. The molecule has 1 aliphatic carbocycles. The first-order valence-corrected chi connectivity index (χ1v) is 26.2. The summed E-state index contributed by atoms with van der Waals surface area (Å²) in [7, 11) is -2.31. The van der Waals surface area contributed by atoms with Crippen LogP contribution in [0.25, 0.3) is 55.3 Å². The van der Waals surface area contributed by atoms with Gasteiger partial charge in [-0.25, -0.2) is 0 Å². The second-order valence-corrected chi connectivity index (χ2v) is 23.2. The number of benzene rings is 10. The molecule has 0 amide bonds. The van der Waals surface area contributed by atoms with Crippen molar-refractivity contribution >= 4 is 63.3 Å². The Morgan fingerprint density at radius 3 is 1.52 bits per heavy atom. The Bertz CT molecular complexity index is 3480. The highest BCUT2D eigenvalue weighted by Crippen LogP contribution is 2.52. The number of para-hydroxylation sites is 3. The van der Waals surface area contributed by atoms with Crippen molar-refractivity contribution in [3.05, 3.63) is 242 Å². The first-order valence-electron chi connectivity index (χ1n) is 23.2. The number of nitrogens with zero attached hydrogens (tertiary/aromatic N) is 2. The first kappa shape index (κ1) is 39.8. The van der Waals surface area contributed by atoms with E-state index in [9.17, 15) is 0 Å². The van der Waals surface area contributed by atoms with E-state index in [1.54, 1.807) is 0 Å². The summed E-state index contributed by atoms with van der Waals surface area (Å²) in [6.07, 6.45) is 0. The average molecular weight is 863 g/mol. The van der Waals surface area contributed by atoms with Crippen molar-refractivity contribution in [2.45, 2.75) is 32.4 Å². The van der Waals surface area contributed by atoms with Gasteiger partial charge < -0.3 is 9.80 Å². The molecular weight excluding hydrogens is 813 g/mol. The van der Waals surface area contributed by atoms with E-state index in [0.29, 0.717) is 0 Å². The molecule has 2 nitrogen and oxygen atoms in total. The van der Waals surface area contributed by atoms with Gasteiger partial charge in [0.25, 0.3) is 0 Å². The minimum absolute atomic E-state index is 0.135. The van der Waals surface area contributed by atoms with Crippen molar-refractivity contribution in [3.8, 4) is 44.5 Å². The number of fused-ring (bicyclic) bond motifs is 5. The number of anilines is 6. The Hall–Kier alpha value is -7.72. The van der Waals surface area contributed by atoms with Crippen molar-refractivity contribution < 1.29 is 0 Å². The van der Waals surface area contributed by atoms with Crippen molar-refractivity contribution in [2.24, 2.45) is 0 Å². The molecule has 0 atom stereocenters. The van der Waals surface area contributed by atoms with E-state index in [1.165, 1.54) is 88.2 Å². The standard InChI is InChI=1S/C63H50N2Si/c1-63(2)55-31-17-14-29-50(55)51-37-35-46(41-56(51)63)65(58-33-19-16-28-49(58)44-23-10-6-11-24-44)59-40-39-53-52-38-36-47(42-61(52)66(3,4)60-34-20-30-54(59)62(53)60)64(45-25-12-7-13-26-45)57-32-18-15-27-48(57)43-21-8-5-9-22-43/h5-42H,1-4H3. The predicted octanol–water partition coefficient (Wildman–Crippen LogP) is 16.2. The molecule has 3 heteroatoms. The van der Waals surface area contributed by atoms with Crippen LogP contribution < -0.4 is 20.2 Å². The van der Waals surface area contributed by atoms with Crippen molar-refractivity contribution in [1.29, 1.82) is 0 Å². The third kappa shape index (κ3) is 6.22. The van der Waals surface area contributed by atoms with E-state index in [1.807, 2.05) is 0 Å². The highest BCUT2D eigenvalue weighted by Gasteiger charge is 2.39. The van der Waals surface area contributed by atoms with E-state index in [2.05, 4.69) is 267 Å². The van der Waals surface area contributed by atoms with Gasteiger partial charge in [0.1, 0.15) is 8.07 Å². The SMILES string of the molecule is CC1(C)c2ccccc2-c2ccc(N(c3ccccc3-c3ccccc3)c3ccc4c5c(cccc35)[Si](C)(C)c3cc(N(c5ccccc5)c5ccccc5-c5ccccc5)ccc3-4)cc21. The minimum Gasteiger partial charge on any atom is -0.310 e. The molecule has 12 rings (SSSR count). The summed E-state index contributed by atoms with van der Waals surface area (Å²) in [6.45, 7) is 9.85. The molecule has 0 saturated heterocycles. The zero-order valence-electron chi connectivity index (χ0n) is 37.8. The van der Waals surface area contributed by atoms with Gasteiger partial charge in [-0.05, 0) is 115 Å². The average Bonchev–Trinajstić information content (AvgIpc) is 3.60. The van der Waals surface area contributed by atoms with Gasteiger partial charge in [0.05, 0.1) is 17.1 Å². The maximum Gasteiger partial charge on any atom is 0.113 e. The Balaban J connectivity index is 1.06. The van der Waals surface area contributed by atoms with E-state index in [-0.39, 0.29) is 5.41 Å². The van der Waals surface area contributed by atoms with Gasteiger partial charge in [-0.3, -0.25) is 0 Å². The summed E-state index contributed by atoms with van der Waals surface area (Å²) in [5.74, 6) is 0. The number of rotatable bonds is 8. The molecule has 0 saturated carbocycles. The lowest BCUT2D eigenvalue weighted by Gasteiger charge is -2.37. The third-order valence-corrected chi connectivity index (χ3v) is 18.0. The lowest BCUT2D eigenvalue weighted by atomic mass is 9.82. The normalized spacial score (nSPS) is 13.7. The summed E-state index contributed by atoms with van der Waals surface area (Å²) in [6, 6.07) is 85.5. The zero-order chi connectivity index (χ0) is 44.6. The maximum absolute atomic E-state index is 2.55. The first-order chi connectivity index (χ1) is 32.3. The van der Waals surface area contributed by atoms with Crippen molar-refractivity contribution in [3.63, 3.8) is 0 Å². The number of hydrogen-bond acceptors (Lipinski definition) is 2. The Kier molecular flexibility index (Phi) is 9.34. The summed E-state index contributed by atoms with van der Waals surface area (Å²) in [5, 5.41) is 5.57. The molecule has 0 aromatic heterocycles. The lowest BCUT2D eigenvalue weighted by molar-refractivity contribution is 0.660. The van der Waals surface area contributed by atoms with Gasteiger partial charge in [0.15, 0.2) is 0 Å². The molecule has 66 heavy (non-hydrogen) atoms. The fraction of sp³-hybridized carbons (Fsp3) is 0.0794. The van der Waals surface area contributed by atoms with Gasteiger partial charge in [-0.1, -0.05) is 203 Å². The van der Waals surface area contributed by atoms with Crippen molar-refractivity contribution in [1.82, 2.24) is 0 Å². The van der Waals surface area contributed by atoms with Crippen LogP contribution >= 0.6 is 0 Å². The molecule has 1 heterocycles. The van der Waals surface area contributed by atoms with Crippen molar-refractivity contribution in [2.75, 3.05) is 9.80 Å². The molecular formula is C63H50N2Si. The summed E-state index contributed by atoms with van der Waals surface area (Å²) in [5.41, 5.74) is 19.7. The monoisotopic (exact) mass is 862 g/mol. The third-order valence-electron chi connectivity index (χ3n) is 14.5. The minimum atomic E-state index is -2.31. The van der Waals surface area contributed by atoms with E-state index in [4.69, 9.17) is 0 Å². The molecule has 0 bridgehead atoms. The fourth-order valence-corrected chi connectivity index (χ4v) is 14.3. The van der Waals surface area contributed by atoms with E-state index >= 15 is 0 Å². The Morgan fingerprint density at radius 1 is 0.333 bits per heavy atom. The van der Waals surface area contributed by atoms with E-state index < -0.39 is 8.07 Å². The van der Waals surface area contributed by atoms with Crippen LogP contribution in [0.3, 0.4) is 0 Å². The second kappa shape index (κ2) is 15.5. The summed E-state index contributed by atoms with van der Waals surface area (Å²) < 4.78 is 0. The Morgan fingerprint density at radius 2 is 0.848 bits per heavy atom. The highest BCUT2D eigenvalue weighted by molar-refractivity contribution is 7.03. The van der Waals surface area contributed by atoms with E-state index in [0.717, 1.165) is 22.7 Å². The van der Waals surface area contributed by atoms with Crippen LogP contribution in [0.15, 0.2) is 231 Å². The fourth-order valence-electron chi connectivity index (χ4n) is 11.2. The zero-order valence-corrected chi connectivity index (χ0v) is 38.8. The lowest BCUT2D eigenvalue weighted by Crippen LogP contribution is -2.56. The van der Waals surface area contributed by atoms with Gasteiger partial charge >= 0.3 is 0 Å². The Labute approximate surface area is 389 Å². The molecule has 0 spiro atoms. The maximum atomic E-state index is 2.55. The molecule has 10 aromatic carbocycles. The molecule has 0 unspecified atom stereocenters. The van der Waals surface area contributed by atoms with Gasteiger partial charge in [-0.2, -0.15) is 0 Å². The molecule has 2 aliphatic rings. The summed E-state index contributed by atoms with van der Waals surface area (Å²) in [4.78, 5) is 4.99. The highest BCUT2D eigenvalue weighted by atomic mass is 28.3. The molecule has 316 valence electrons. The number of hydrogen-bond donors (Lipinski definition) is 0. The van der Waals surface area contributed by atoms with Gasteiger partial charge in [0.2, 0.25) is 0 Å². The van der Waals surface area contributed by atoms with Gasteiger partial charge in [0, 0.05) is 39.0 Å². The second-order valence-electron chi connectivity index (χ2n) is 18.9. The largest absolute Gasteiger partial charge is 0.310 e.